The molecule has 0 saturated carbocycles. The first kappa shape index (κ1) is 16.0. The quantitative estimate of drug-likeness (QED) is 0.318. The molecule has 0 aromatic rings. The maximum Gasteiger partial charge on any atom is 0.319 e. The molecule has 1 rings (SSSR count). The molecule has 2 atom stereocenters. The predicted molar refractivity (Wildman–Crippen MR) is 59.7 cm³/mol. The average molecular weight is 316 g/mol. The second-order valence-corrected chi connectivity index (χ2v) is 7.22. The van der Waals surface area contributed by atoms with E-state index in [1.54, 1.807) is 0 Å². The van der Waals surface area contributed by atoms with E-state index >= 15 is 0 Å². The third-order valence-electron chi connectivity index (χ3n) is 2.22. The molecule has 0 radical (unpaired) electrons. The smallest absolute Gasteiger partial charge is 0.319 e. The SMILES string of the molecule is CS(=O)(=O)OCC1C(=O)OC(=O)C1COS(C)(=O)=O. The van der Waals surface area contributed by atoms with Gasteiger partial charge in [0, 0.05) is 0 Å². The van der Waals surface area contributed by atoms with Crippen molar-refractivity contribution >= 4 is 32.2 Å². The maximum absolute atomic E-state index is 11.3. The minimum absolute atomic E-state index is 0.610. The molecule has 0 aliphatic carbocycles. The molecule has 0 aromatic heterocycles. The monoisotopic (exact) mass is 316 g/mol. The van der Waals surface area contributed by atoms with Gasteiger partial charge < -0.3 is 4.74 Å². The van der Waals surface area contributed by atoms with Crippen molar-refractivity contribution < 1.29 is 39.5 Å². The number of hydrogen-bond donors (Lipinski definition) is 0. The summed E-state index contributed by atoms with van der Waals surface area (Å²) in [5.74, 6) is -4.39. The lowest BCUT2D eigenvalue weighted by Gasteiger charge is -2.12. The van der Waals surface area contributed by atoms with E-state index in [1.165, 1.54) is 0 Å². The summed E-state index contributed by atoms with van der Waals surface area (Å²) in [5, 5.41) is 0. The Hall–Kier alpha value is -1.04. The zero-order valence-electron chi connectivity index (χ0n) is 10.1. The van der Waals surface area contributed by atoms with Crippen molar-refractivity contribution in [3.63, 3.8) is 0 Å². The van der Waals surface area contributed by atoms with Crippen LogP contribution in [-0.2, 0) is 42.9 Å². The van der Waals surface area contributed by atoms with Gasteiger partial charge in [-0.15, -0.1) is 0 Å². The molecule has 0 aromatic carbocycles. The van der Waals surface area contributed by atoms with Gasteiger partial charge in [-0.05, 0) is 0 Å². The van der Waals surface area contributed by atoms with Crippen molar-refractivity contribution in [1.82, 2.24) is 0 Å². The molecule has 1 fully saturated rings. The van der Waals surface area contributed by atoms with Crippen LogP contribution in [0.15, 0.2) is 0 Å². The maximum atomic E-state index is 11.3. The van der Waals surface area contributed by atoms with Crippen LogP contribution in [0, 0.1) is 11.8 Å². The summed E-state index contributed by atoms with van der Waals surface area (Å²) in [6.07, 6.45) is 1.55. The van der Waals surface area contributed by atoms with E-state index in [-0.39, 0.29) is 0 Å². The summed E-state index contributed by atoms with van der Waals surface area (Å²) >= 11 is 0. The molecule has 110 valence electrons. The topological polar surface area (TPSA) is 130 Å². The van der Waals surface area contributed by atoms with Crippen LogP contribution in [0.2, 0.25) is 0 Å². The van der Waals surface area contributed by atoms with Crippen molar-refractivity contribution in [2.24, 2.45) is 11.8 Å². The fourth-order valence-corrected chi connectivity index (χ4v) is 2.13. The largest absolute Gasteiger partial charge is 0.393 e. The number of ether oxygens (including phenoxy) is 1. The van der Waals surface area contributed by atoms with E-state index in [4.69, 9.17) is 0 Å². The highest BCUT2D eigenvalue weighted by Gasteiger charge is 2.45. The lowest BCUT2D eigenvalue weighted by atomic mass is 9.97. The first-order valence-electron chi connectivity index (χ1n) is 4.94. The number of rotatable bonds is 6. The van der Waals surface area contributed by atoms with Gasteiger partial charge in [-0.1, -0.05) is 0 Å². The summed E-state index contributed by atoms with van der Waals surface area (Å²) in [6, 6.07) is 0. The minimum Gasteiger partial charge on any atom is -0.393 e. The Balaban J connectivity index is 2.75. The second kappa shape index (κ2) is 5.53. The van der Waals surface area contributed by atoms with Crippen LogP contribution in [-0.4, -0.2) is 54.5 Å². The summed E-state index contributed by atoms with van der Waals surface area (Å²) in [4.78, 5) is 22.6. The van der Waals surface area contributed by atoms with E-state index in [2.05, 4.69) is 13.1 Å². The Morgan fingerprint density at radius 3 is 1.47 bits per heavy atom. The van der Waals surface area contributed by atoms with Crippen LogP contribution in [0.5, 0.6) is 0 Å². The molecule has 1 aliphatic heterocycles. The molecule has 0 amide bonds. The van der Waals surface area contributed by atoms with Gasteiger partial charge in [-0.25, -0.2) is 0 Å². The summed E-state index contributed by atoms with van der Waals surface area (Å²) < 4.78 is 56.4. The zero-order valence-corrected chi connectivity index (χ0v) is 11.7. The summed E-state index contributed by atoms with van der Waals surface area (Å²) in [5.41, 5.74) is 0. The van der Waals surface area contributed by atoms with Crippen LogP contribution < -0.4 is 0 Å². The molecule has 11 heteroatoms. The fraction of sp³-hybridized carbons (Fsp3) is 0.750. The van der Waals surface area contributed by atoms with E-state index in [9.17, 15) is 26.4 Å². The Labute approximate surface area is 110 Å². The third kappa shape index (κ3) is 5.22. The lowest BCUT2D eigenvalue weighted by molar-refractivity contribution is -0.154. The second-order valence-electron chi connectivity index (χ2n) is 3.93. The van der Waals surface area contributed by atoms with Crippen molar-refractivity contribution in [2.75, 3.05) is 25.7 Å². The molecule has 2 unspecified atom stereocenters. The Morgan fingerprint density at radius 1 is 0.895 bits per heavy atom. The van der Waals surface area contributed by atoms with Gasteiger partial charge in [0.15, 0.2) is 0 Å². The van der Waals surface area contributed by atoms with Crippen LogP contribution in [0.3, 0.4) is 0 Å². The number of hydrogen-bond acceptors (Lipinski definition) is 9. The predicted octanol–water partition coefficient (Wildman–Crippen LogP) is -1.75. The first-order chi connectivity index (χ1) is 8.49. The highest BCUT2D eigenvalue weighted by Crippen LogP contribution is 2.25. The van der Waals surface area contributed by atoms with Gasteiger partial charge in [0.2, 0.25) is 0 Å². The van der Waals surface area contributed by atoms with Crippen LogP contribution in [0.1, 0.15) is 0 Å². The fourth-order valence-electron chi connectivity index (χ4n) is 1.34. The Bertz CT molecular complexity index is 521. The highest BCUT2D eigenvalue weighted by molar-refractivity contribution is 7.86. The number of carbonyl (C=O) groups is 2. The highest BCUT2D eigenvalue weighted by atomic mass is 32.2. The number of carbonyl (C=O) groups excluding carboxylic acids is 2. The molecule has 1 heterocycles. The molecule has 9 nitrogen and oxygen atoms in total. The molecule has 1 saturated heterocycles. The first-order valence-corrected chi connectivity index (χ1v) is 8.57. The van der Waals surface area contributed by atoms with Crippen molar-refractivity contribution in [2.45, 2.75) is 0 Å². The van der Waals surface area contributed by atoms with Gasteiger partial charge in [0.25, 0.3) is 20.2 Å². The van der Waals surface area contributed by atoms with E-state index in [0.29, 0.717) is 0 Å². The lowest BCUT2D eigenvalue weighted by Crippen LogP contribution is -2.28. The van der Waals surface area contributed by atoms with Crippen LogP contribution in [0.25, 0.3) is 0 Å². The van der Waals surface area contributed by atoms with Crippen LogP contribution in [0.4, 0.5) is 0 Å². The van der Waals surface area contributed by atoms with Gasteiger partial charge in [-0.3, -0.25) is 18.0 Å². The third-order valence-corrected chi connectivity index (χ3v) is 3.34. The molecular formula is C8H12O9S2. The molecule has 19 heavy (non-hydrogen) atoms. The van der Waals surface area contributed by atoms with Gasteiger partial charge >= 0.3 is 11.9 Å². The Kier molecular flexibility index (Phi) is 4.66. The molecule has 0 N–H and O–H groups in total. The Morgan fingerprint density at radius 2 is 1.21 bits per heavy atom. The number of esters is 2. The van der Waals surface area contributed by atoms with Crippen LogP contribution >= 0.6 is 0 Å². The molecular weight excluding hydrogens is 304 g/mol. The van der Waals surface area contributed by atoms with Crippen molar-refractivity contribution in [1.29, 1.82) is 0 Å². The van der Waals surface area contributed by atoms with Gasteiger partial charge in [0.1, 0.15) is 0 Å². The zero-order chi connectivity index (χ0) is 14.8. The summed E-state index contributed by atoms with van der Waals surface area (Å²) in [7, 11) is -7.59. The standard InChI is InChI=1S/C8H12O9S2/c1-18(11,12)15-3-5-6(4-16-19(2,13)14)8(10)17-7(5)9/h5-6H,3-4H2,1-2H3. The molecule has 0 bridgehead atoms. The van der Waals surface area contributed by atoms with E-state index in [1.807, 2.05) is 0 Å². The minimum atomic E-state index is -3.80. The number of cyclic esters (lactones) is 2. The summed E-state index contributed by atoms with van der Waals surface area (Å²) in [6.45, 7) is -1.22. The van der Waals surface area contributed by atoms with E-state index in [0.717, 1.165) is 12.5 Å². The van der Waals surface area contributed by atoms with Crippen molar-refractivity contribution in [3.05, 3.63) is 0 Å². The van der Waals surface area contributed by atoms with Crippen molar-refractivity contribution in [3.8, 4) is 0 Å². The average Bonchev–Trinajstić information content (AvgIpc) is 2.45. The normalized spacial score (nSPS) is 24.5. The molecule has 0 spiro atoms. The van der Waals surface area contributed by atoms with Gasteiger partial charge in [-0.2, -0.15) is 16.8 Å². The molecule has 1 aliphatic rings. The van der Waals surface area contributed by atoms with Gasteiger partial charge in [0.05, 0.1) is 37.6 Å². The van der Waals surface area contributed by atoms with E-state index < -0.39 is 57.2 Å².